The second kappa shape index (κ2) is 25.6. The van der Waals surface area contributed by atoms with E-state index in [1.54, 1.807) is 55.3 Å². The number of methoxy groups -OCH3 is 2. The molecule has 0 spiro atoms. The van der Waals surface area contributed by atoms with E-state index in [0.29, 0.717) is 41.6 Å². The third kappa shape index (κ3) is 13.6. The molecule has 8 aromatic rings. The van der Waals surface area contributed by atoms with Crippen LogP contribution >= 0.6 is 0 Å². The number of ether oxygens (including phenoxy) is 3. The van der Waals surface area contributed by atoms with Gasteiger partial charge >= 0.3 is 5.97 Å². The molecule has 0 aliphatic carbocycles. The number of carbonyl (C=O) groups excluding carboxylic acids is 3. The van der Waals surface area contributed by atoms with Crippen LogP contribution in [0.4, 0.5) is 34.6 Å². The van der Waals surface area contributed by atoms with Gasteiger partial charge in [-0.15, -0.1) is 10.2 Å². The molecule has 412 valence electrons. The molecule has 0 unspecified atom stereocenters. The Balaban J connectivity index is 0.000000186. The summed E-state index contributed by atoms with van der Waals surface area (Å²) in [6, 6.07) is 15.0. The number of esters is 1. The zero-order valence-electron chi connectivity index (χ0n) is 45.9. The lowest BCUT2D eigenvalue weighted by Gasteiger charge is -2.35. The van der Waals surface area contributed by atoms with Crippen molar-refractivity contribution in [2.24, 2.45) is 14.1 Å². The normalized spacial score (nSPS) is 15.1. The molecule has 0 saturated carbocycles. The van der Waals surface area contributed by atoms with Crippen LogP contribution in [0.15, 0.2) is 85.7 Å². The van der Waals surface area contributed by atoms with Gasteiger partial charge in [-0.2, -0.15) is 0 Å². The van der Waals surface area contributed by atoms with Crippen molar-refractivity contribution in [1.82, 2.24) is 69.1 Å². The average Bonchev–Trinajstić information content (AvgIpc) is 4.24. The maximum absolute atomic E-state index is 13.1. The first-order valence-corrected chi connectivity index (χ1v) is 25.8. The van der Waals surface area contributed by atoms with E-state index >= 15 is 0 Å². The maximum Gasteiger partial charge on any atom is 0.302 e. The van der Waals surface area contributed by atoms with Crippen LogP contribution in [0, 0.1) is 0 Å². The number of H-pyrrole nitrogens is 2. The molecule has 2 amide bonds. The molecule has 0 radical (unpaired) electrons. The number of amides is 2. The van der Waals surface area contributed by atoms with E-state index < -0.39 is 0 Å². The monoisotopic (exact) mass is 1070 g/mol. The predicted molar refractivity (Wildman–Crippen MR) is 301 cm³/mol. The fourth-order valence-electron chi connectivity index (χ4n) is 9.16. The van der Waals surface area contributed by atoms with Crippen molar-refractivity contribution in [2.45, 2.75) is 39.8 Å². The molecule has 6 aromatic heterocycles. The van der Waals surface area contributed by atoms with Crippen LogP contribution in [-0.2, 0) is 33.2 Å². The largest absolute Gasteiger partial charge is 0.478 e. The zero-order chi connectivity index (χ0) is 55.5. The van der Waals surface area contributed by atoms with Crippen molar-refractivity contribution in [1.29, 1.82) is 0 Å². The molecule has 10 rings (SSSR count). The number of hydrogen-bond donors (Lipinski definition) is 6. The van der Waals surface area contributed by atoms with Gasteiger partial charge in [-0.1, -0.05) is 24.3 Å². The van der Waals surface area contributed by atoms with E-state index in [0.717, 1.165) is 108 Å². The number of para-hydroxylation sites is 2. The highest BCUT2D eigenvalue weighted by atomic mass is 16.5. The highest BCUT2D eigenvalue weighted by Crippen LogP contribution is 2.35. The molecule has 0 bridgehead atoms. The minimum atomic E-state index is -0.211. The van der Waals surface area contributed by atoms with Crippen molar-refractivity contribution < 1.29 is 28.6 Å². The first kappa shape index (κ1) is 55.8. The summed E-state index contributed by atoms with van der Waals surface area (Å²) in [6.45, 7) is 15.0. The number of aromatic nitrogens is 10. The Hall–Kier alpha value is -8.45. The molecule has 2 aromatic carbocycles. The summed E-state index contributed by atoms with van der Waals surface area (Å²) >= 11 is 0. The molecular formula is C54H70N18O6. The number of aromatic amines is 2. The van der Waals surface area contributed by atoms with E-state index in [4.69, 9.17) is 19.4 Å². The standard InChI is InChI=1S/2C25H31N9O2.C4H8O2/c2*1-16(34-12-10-32(2)11-13-34)23(35)28-20-7-5-6-17-18(14-27-22(17)20)19-8-9-26-25(29-19)30-21-15-33(3)31-24(21)36-4;1-3-6-4(2)5/h2*5-9,14-16,27H,10-13H2,1-4H3,(H,28,35)(H,26,29,30);3H2,1-2H3/t2*16-;/m11./s1. The summed E-state index contributed by atoms with van der Waals surface area (Å²) in [5.41, 5.74) is 7.88. The Kier molecular flexibility index (Phi) is 18.3. The van der Waals surface area contributed by atoms with Crippen molar-refractivity contribution in [3.8, 4) is 34.3 Å². The molecular weight excluding hydrogens is 997 g/mol. The third-order valence-corrected chi connectivity index (χ3v) is 13.6. The second-order valence-corrected chi connectivity index (χ2v) is 19.0. The lowest BCUT2D eigenvalue weighted by atomic mass is 10.1. The molecule has 2 fully saturated rings. The van der Waals surface area contributed by atoms with Crippen LogP contribution in [0.1, 0.15) is 27.7 Å². The molecule has 2 aliphatic heterocycles. The van der Waals surface area contributed by atoms with Crippen LogP contribution in [0.25, 0.3) is 44.3 Å². The van der Waals surface area contributed by atoms with Crippen molar-refractivity contribution in [3.63, 3.8) is 0 Å². The van der Waals surface area contributed by atoms with Crippen LogP contribution < -0.4 is 30.7 Å². The van der Waals surface area contributed by atoms with E-state index in [1.165, 1.54) is 6.92 Å². The molecule has 24 heteroatoms. The smallest absolute Gasteiger partial charge is 0.302 e. The fourth-order valence-corrected chi connectivity index (χ4v) is 9.16. The van der Waals surface area contributed by atoms with Crippen molar-refractivity contribution >= 4 is 74.2 Å². The van der Waals surface area contributed by atoms with Crippen LogP contribution in [0.2, 0.25) is 0 Å². The lowest BCUT2D eigenvalue weighted by Crippen LogP contribution is -2.51. The number of hydrogen-bond acceptors (Lipinski definition) is 18. The van der Waals surface area contributed by atoms with E-state index in [1.807, 2.05) is 88.9 Å². The van der Waals surface area contributed by atoms with Crippen LogP contribution in [-0.4, -0.2) is 186 Å². The van der Waals surface area contributed by atoms with Gasteiger partial charge in [-0.25, -0.2) is 19.9 Å². The fraction of sp³-hybridized carbons (Fsp3) is 0.389. The van der Waals surface area contributed by atoms with Crippen LogP contribution in [0.5, 0.6) is 11.8 Å². The van der Waals surface area contributed by atoms with Crippen LogP contribution in [0.3, 0.4) is 0 Å². The van der Waals surface area contributed by atoms with E-state index in [9.17, 15) is 14.4 Å². The van der Waals surface area contributed by atoms with Gasteiger partial charge in [0.1, 0.15) is 11.4 Å². The van der Waals surface area contributed by atoms with Gasteiger partial charge in [-0.3, -0.25) is 33.5 Å². The molecule has 78 heavy (non-hydrogen) atoms. The highest BCUT2D eigenvalue weighted by Gasteiger charge is 2.27. The summed E-state index contributed by atoms with van der Waals surface area (Å²) < 4.78 is 18.3. The van der Waals surface area contributed by atoms with Gasteiger partial charge in [-0.05, 0) is 59.1 Å². The SMILES string of the molecule is CCOC(C)=O.COc1nn(C)cc1Nc1nccc(-c2c[nH]c3c(NC(=O)[C@@H](C)N4CCN(C)CC4)cccc23)n1.COc1nn(C)cc1Nc1nccc(-c2c[nH]c3c(NC(=O)[C@@H](C)N4CCN(C)CC4)cccc23)n1. The number of likely N-dealkylation sites (N-methyl/N-ethyl adjacent to an activating group) is 2. The molecule has 2 saturated heterocycles. The Morgan fingerprint density at radius 1 is 0.603 bits per heavy atom. The number of benzene rings is 2. The van der Waals surface area contributed by atoms with Crippen molar-refractivity contribution in [2.75, 3.05) is 109 Å². The molecule has 2 atom stereocenters. The first-order chi connectivity index (χ1) is 37.6. The number of nitrogens with one attached hydrogen (secondary N) is 6. The first-order valence-electron chi connectivity index (χ1n) is 25.8. The van der Waals surface area contributed by atoms with Gasteiger partial charge in [0.15, 0.2) is 0 Å². The number of fused-ring (bicyclic) bond motifs is 2. The predicted octanol–water partition coefficient (Wildman–Crippen LogP) is 5.94. The highest BCUT2D eigenvalue weighted by molar-refractivity contribution is 6.07. The Labute approximate surface area is 452 Å². The number of carbonyl (C=O) groups is 3. The van der Waals surface area contributed by atoms with Crippen molar-refractivity contribution in [3.05, 3.63) is 85.7 Å². The summed E-state index contributed by atoms with van der Waals surface area (Å²) in [6.07, 6.45) is 10.8. The third-order valence-electron chi connectivity index (χ3n) is 13.6. The topological polar surface area (TPSA) is 259 Å². The van der Waals surface area contributed by atoms with Gasteiger partial charge in [0.05, 0.1) is 79.1 Å². The Morgan fingerprint density at radius 2 is 1.01 bits per heavy atom. The van der Waals surface area contributed by atoms with E-state index in [-0.39, 0.29) is 29.9 Å². The average molecular weight is 1070 g/mol. The molecule has 24 nitrogen and oxygen atoms in total. The minimum absolute atomic E-state index is 0.0119. The second-order valence-electron chi connectivity index (χ2n) is 19.0. The number of aryl methyl sites for hydroxylation is 2. The Morgan fingerprint density at radius 3 is 1.37 bits per heavy atom. The zero-order valence-corrected chi connectivity index (χ0v) is 45.9. The molecule has 2 aliphatic rings. The van der Waals surface area contributed by atoms with E-state index in [2.05, 4.69) is 89.8 Å². The number of anilines is 6. The molecule has 6 N–H and O–H groups in total. The number of piperazine rings is 2. The lowest BCUT2D eigenvalue weighted by molar-refractivity contribution is -0.140. The Bertz CT molecular complexity index is 3100. The van der Waals surface area contributed by atoms with Gasteiger partial charge in [0.2, 0.25) is 23.7 Å². The summed E-state index contributed by atoms with van der Waals surface area (Å²) in [4.78, 5) is 69.7. The molecule has 8 heterocycles. The quantitative estimate of drug-likeness (QED) is 0.0649. The summed E-state index contributed by atoms with van der Waals surface area (Å²) in [5, 5.41) is 23.0. The number of rotatable bonds is 15. The van der Waals surface area contributed by atoms with Gasteiger partial charge in [0, 0.05) is 120 Å². The maximum atomic E-state index is 13.1. The summed E-state index contributed by atoms with van der Waals surface area (Å²) in [5.74, 6) is 1.55. The van der Waals surface area contributed by atoms with Gasteiger partial charge < -0.3 is 55.2 Å². The number of nitrogens with zero attached hydrogens (tertiary/aromatic N) is 12. The van der Waals surface area contributed by atoms with Gasteiger partial charge in [0.25, 0.3) is 11.8 Å². The summed E-state index contributed by atoms with van der Waals surface area (Å²) in [7, 11) is 11.0. The minimum Gasteiger partial charge on any atom is -0.478 e.